The van der Waals surface area contributed by atoms with E-state index in [2.05, 4.69) is 63.7 Å². The molecule has 0 aliphatic heterocycles. The highest BCUT2D eigenvalue weighted by Crippen LogP contribution is 2.55. The van der Waals surface area contributed by atoms with Crippen LogP contribution in [-0.2, 0) is 0 Å². The lowest BCUT2D eigenvalue weighted by Gasteiger charge is -2.40. The molecule has 2 fully saturated rings. The highest BCUT2D eigenvalue weighted by Gasteiger charge is 2.46. The van der Waals surface area contributed by atoms with Crippen LogP contribution in [0.2, 0.25) is 0 Å². The topological polar surface area (TPSA) is 0 Å². The Morgan fingerprint density at radius 2 is 1.96 bits per heavy atom. The molecule has 2 heteroatoms. The van der Waals surface area contributed by atoms with Gasteiger partial charge in [-0.2, -0.15) is 0 Å². The predicted molar refractivity (Wildman–Crippen MR) is 131 cm³/mol. The average Bonchev–Trinajstić information content (AvgIpc) is 2.99. The molecule has 3 aliphatic carbocycles. The van der Waals surface area contributed by atoms with Gasteiger partial charge in [0.1, 0.15) is 0 Å². The molecule has 0 bridgehead atoms. The van der Waals surface area contributed by atoms with E-state index in [9.17, 15) is 0 Å². The molecular weight excluding hydrogens is 376 g/mol. The molecule has 3 rings (SSSR count). The first kappa shape index (κ1) is 22.6. The van der Waals surface area contributed by atoms with E-state index in [-0.39, 0.29) is 0 Å². The smallest absolute Gasteiger partial charge is 0.0192 e. The van der Waals surface area contributed by atoms with Crippen LogP contribution in [0.5, 0.6) is 0 Å². The third-order valence-corrected chi connectivity index (χ3v) is 9.66. The molecule has 2 saturated carbocycles. The Kier molecular flexibility index (Phi) is 8.31. The minimum Gasteiger partial charge on any atom is -0.111 e. The zero-order chi connectivity index (χ0) is 20.1. The van der Waals surface area contributed by atoms with Crippen LogP contribution in [0.1, 0.15) is 91.9 Å². The van der Waals surface area contributed by atoms with Crippen LogP contribution in [-0.4, -0.2) is 5.25 Å². The van der Waals surface area contributed by atoms with Crippen LogP contribution < -0.4 is 0 Å². The Morgan fingerprint density at radius 1 is 1.14 bits per heavy atom. The van der Waals surface area contributed by atoms with Gasteiger partial charge in [0.15, 0.2) is 0 Å². The number of hydrogen-bond acceptors (Lipinski definition) is 2. The van der Waals surface area contributed by atoms with Crippen molar-refractivity contribution < 1.29 is 0 Å². The predicted octanol–water partition coefficient (Wildman–Crippen LogP) is 8.81. The zero-order valence-electron chi connectivity index (χ0n) is 18.6. The standard InChI is InChI=1S/C26H42S2/c1-19(2)8-5-9-20(3)25-16-14-23-12-6-10-22-18-24(28-27)15-13-21(22)11-7-17-26(23,25)4/h6,10-12,19-20,23-25,27H,5,7-9,13-18H2,1-4H3. The number of allylic oxidation sites excluding steroid dienone is 6. The van der Waals surface area contributed by atoms with Crippen LogP contribution in [0.4, 0.5) is 0 Å². The lowest BCUT2D eigenvalue weighted by atomic mass is 9.65. The fourth-order valence-corrected chi connectivity index (χ4v) is 7.30. The molecule has 3 aliphatic rings. The van der Waals surface area contributed by atoms with E-state index in [1.54, 1.807) is 21.9 Å². The Morgan fingerprint density at radius 3 is 2.71 bits per heavy atom. The molecule has 0 heterocycles. The summed E-state index contributed by atoms with van der Waals surface area (Å²) in [5.74, 6) is 3.37. The summed E-state index contributed by atoms with van der Waals surface area (Å²) in [6, 6.07) is 0. The van der Waals surface area contributed by atoms with Crippen molar-refractivity contribution in [2.75, 3.05) is 0 Å². The van der Waals surface area contributed by atoms with Crippen molar-refractivity contribution in [2.45, 2.75) is 97.2 Å². The SMILES string of the molecule is CC(C)CCCC(C)C1CCC2C=CC=C3CC(SS)CCC3=CCCC21C. The zero-order valence-corrected chi connectivity index (χ0v) is 20.3. The number of thiol groups is 1. The molecule has 0 amide bonds. The second-order valence-corrected chi connectivity index (χ2v) is 11.9. The minimum absolute atomic E-state index is 0.480. The molecule has 0 saturated heterocycles. The molecule has 0 nitrogen and oxygen atoms in total. The van der Waals surface area contributed by atoms with Gasteiger partial charge in [0.25, 0.3) is 0 Å². The Hall–Kier alpha value is -0.0800. The van der Waals surface area contributed by atoms with Gasteiger partial charge in [-0.3, -0.25) is 0 Å². The summed E-state index contributed by atoms with van der Waals surface area (Å²) in [6.07, 6.45) is 23.4. The summed E-state index contributed by atoms with van der Waals surface area (Å²) in [4.78, 5) is 0. The van der Waals surface area contributed by atoms with Gasteiger partial charge in [0.05, 0.1) is 0 Å². The highest BCUT2D eigenvalue weighted by atomic mass is 33.1. The van der Waals surface area contributed by atoms with Crippen molar-refractivity contribution in [3.63, 3.8) is 0 Å². The van der Waals surface area contributed by atoms with Crippen LogP contribution in [0.25, 0.3) is 0 Å². The maximum Gasteiger partial charge on any atom is 0.0192 e. The van der Waals surface area contributed by atoms with E-state index in [1.807, 2.05) is 0 Å². The van der Waals surface area contributed by atoms with Gasteiger partial charge >= 0.3 is 0 Å². The molecule has 0 aromatic heterocycles. The van der Waals surface area contributed by atoms with Crippen molar-refractivity contribution >= 4 is 22.5 Å². The third-order valence-electron chi connectivity index (χ3n) is 8.07. The molecule has 0 N–H and O–H groups in total. The number of fused-ring (bicyclic) bond motifs is 2. The molecule has 5 atom stereocenters. The fourth-order valence-electron chi connectivity index (χ4n) is 6.28. The van der Waals surface area contributed by atoms with E-state index in [0.29, 0.717) is 10.7 Å². The Bertz CT molecular complexity index is 600. The molecule has 0 radical (unpaired) electrons. The van der Waals surface area contributed by atoms with E-state index >= 15 is 0 Å². The quantitative estimate of drug-likeness (QED) is 0.332. The molecule has 158 valence electrons. The monoisotopic (exact) mass is 418 g/mol. The van der Waals surface area contributed by atoms with Gasteiger partial charge in [-0.15, -0.1) is 11.7 Å². The van der Waals surface area contributed by atoms with Crippen molar-refractivity contribution in [1.82, 2.24) is 0 Å². The van der Waals surface area contributed by atoms with Gasteiger partial charge in [0.2, 0.25) is 0 Å². The maximum absolute atomic E-state index is 4.48. The molecule has 0 aromatic carbocycles. The first-order chi connectivity index (χ1) is 13.4. The van der Waals surface area contributed by atoms with Gasteiger partial charge in [0, 0.05) is 5.25 Å². The molecule has 0 spiro atoms. The summed E-state index contributed by atoms with van der Waals surface area (Å²) in [5, 5.41) is 0.691. The van der Waals surface area contributed by atoms with E-state index in [1.165, 1.54) is 64.2 Å². The van der Waals surface area contributed by atoms with E-state index in [4.69, 9.17) is 0 Å². The third kappa shape index (κ3) is 5.34. The van der Waals surface area contributed by atoms with Crippen LogP contribution in [0.15, 0.2) is 35.5 Å². The lowest BCUT2D eigenvalue weighted by molar-refractivity contribution is 0.117. The van der Waals surface area contributed by atoms with Gasteiger partial charge < -0.3 is 0 Å². The lowest BCUT2D eigenvalue weighted by Crippen LogP contribution is -2.32. The fraction of sp³-hybridized carbons (Fsp3) is 0.769. The first-order valence-electron chi connectivity index (χ1n) is 11.8. The van der Waals surface area contributed by atoms with E-state index < -0.39 is 0 Å². The summed E-state index contributed by atoms with van der Waals surface area (Å²) >= 11 is 4.48. The Labute approximate surface area is 183 Å². The van der Waals surface area contributed by atoms with Gasteiger partial charge in [-0.05, 0) is 85.2 Å². The van der Waals surface area contributed by atoms with Crippen LogP contribution in [0, 0.1) is 29.1 Å². The summed E-state index contributed by atoms with van der Waals surface area (Å²) in [6.45, 7) is 9.90. The number of rotatable bonds is 6. The number of hydrogen-bond donors (Lipinski definition) is 1. The van der Waals surface area contributed by atoms with Gasteiger partial charge in [-0.25, -0.2) is 0 Å². The van der Waals surface area contributed by atoms with Gasteiger partial charge in [-0.1, -0.05) is 82.1 Å². The second kappa shape index (κ2) is 10.3. The van der Waals surface area contributed by atoms with Crippen LogP contribution >= 0.6 is 22.5 Å². The molecule has 0 aromatic rings. The van der Waals surface area contributed by atoms with Crippen LogP contribution in [0.3, 0.4) is 0 Å². The molecular formula is C26H42S2. The summed E-state index contributed by atoms with van der Waals surface area (Å²) in [5.41, 5.74) is 3.69. The normalized spacial score (nSPS) is 34.4. The minimum atomic E-state index is 0.480. The highest BCUT2D eigenvalue weighted by molar-refractivity contribution is 8.68. The van der Waals surface area contributed by atoms with Crippen molar-refractivity contribution in [1.29, 1.82) is 0 Å². The largest absolute Gasteiger partial charge is 0.111 e. The van der Waals surface area contributed by atoms with Crippen molar-refractivity contribution in [3.8, 4) is 0 Å². The van der Waals surface area contributed by atoms with Crippen molar-refractivity contribution in [3.05, 3.63) is 35.5 Å². The van der Waals surface area contributed by atoms with E-state index in [0.717, 1.165) is 23.7 Å². The average molecular weight is 419 g/mol. The molecule has 28 heavy (non-hydrogen) atoms. The maximum atomic E-state index is 4.48. The second-order valence-electron chi connectivity index (χ2n) is 10.4. The molecule has 5 unspecified atom stereocenters. The summed E-state index contributed by atoms with van der Waals surface area (Å²) in [7, 11) is 1.75. The summed E-state index contributed by atoms with van der Waals surface area (Å²) < 4.78 is 0. The Balaban J connectivity index is 1.72. The first-order valence-corrected chi connectivity index (χ1v) is 13.7. The van der Waals surface area contributed by atoms with Crippen molar-refractivity contribution in [2.24, 2.45) is 29.1 Å².